The minimum atomic E-state index is -0.238. The fourth-order valence-corrected chi connectivity index (χ4v) is 4.95. The van der Waals surface area contributed by atoms with E-state index in [0.717, 1.165) is 31.0 Å². The lowest BCUT2D eigenvalue weighted by Crippen LogP contribution is -2.35. The van der Waals surface area contributed by atoms with Gasteiger partial charge in [0.2, 0.25) is 11.5 Å². The van der Waals surface area contributed by atoms with Crippen LogP contribution in [-0.2, 0) is 13.6 Å². The molecule has 6 rings (SSSR count). The molecular weight excluding hydrogens is 398 g/mol. The molecule has 1 aliphatic heterocycles. The predicted octanol–water partition coefficient (Wildman–Crippen LogP) is 1.04. The minimum absolute atomic E-state index is 0.167. The highest BCUT2D eigenvalue weighted by Crippen LogP contribution is 2.47. The maximum atomic E-state index is 12.7. The molecule has 0 spiro atoms. The Kier molecular flexibility index (Phi) is 3.92. The summed E-state index contributed by atoms with van der Waals surface area (Å²) in [6.07, 6.45) is 5.40. The van der Waals surface area contributed by atoms with Crippen LogP contribution in [0.25, 0.3) is 11.2 Å². The van der Waals surface area contributed by atoms with Gasteiger partial charge in [0.1, 0.15) is 18.7 Å². The first kappa shape index (κ1) is 18.2. The summed E-state index contributed by atoms with van der Waals surface area (Å²) in [4.78, 5) is 28.4. The van der Waals surface area contributed by atoms with Gasteiger partial charge in [-0.05, 0) is 43.4 Å². The van der Waals surface area contributed by atoms with Crippen LogP contribution < -0.4 is 10.5 Å². The molecule has 11 nitrogen and oxygen atoms in total. The summed E-state index contributed by atoms with van der Waals surface area (Å²) < 4.78 is 8.34. The van der Waals surface area contributed by atoms with Crippen molar-refractivity contribution in [2.45, 2.75) is 38.3 Å². The Morgan fingerprint density at radius 2 is 2.16 bits per heavy atom. The zero-order valence-corrected chi connectivity index (χ0v) is 17.2. The molecular formula is C20H21N9O2. The third kappa shape index (κ3) is 2.91. The van der Waals surface area contributed by atoms with E-state index >= 15 is 0 Å². The molecule has 2 fully saturated rings. The van der Waals surface area contributed by atoms with Crippen molar-refractivity contribution >= 4 is 17.0 Å². The topological polar surface area (TPSA) is 121 Å². The third-order valence-electron chi connectivity index (χ3n) is 6.45. The lowest BCUT2D eigenvalue weighted by atomic mass is 9.94. The van der Waals surface area contributed by atoms with E-state index in [-0.39, 0.29) is 18.0 Å². The van der Waals surface area contributed by atoms with Crippen LogP contribution in [-0.4, -0.2) is 52.3 Å². The van der Waals surface area contributed by atoms with E-state index in [4.69, 9.17) is 4.52 Å². The lowest BCUT2D eigenvalue weighted by molar-refractivity contribution is 0.353. The van der Waals surface area contributed by atoms with E-state index in [1.807, 2.05) is 12.3 Å². The molecule has 158 valence electrons. The molecule has 31 heavy (non-hydrogen) atoms. The summed E-state index contributed by atoms with van der Waals surface area (Å²) in [7, 11) is 1.66. The van der Waals surface area contributed by atoms with Crippen LogP contribution in [0.3, 0.4) is 0 Å². The van der Waals surface area contributed by atoms with Crippen molar-refractivity contribution in [1.82, 2.24) is 39.7 Å². The summed E-state index contributed by atoms with van der Waals surface area (Å²) in [6, 6.07) is 4.60. The second-order valence-corrected chi connectivity index (χ2v) is 8.44. The first-order chi connectivity index (χ1) is 15.1. The quantitative estimate of drug-likeness (QED) is 0.478. The van der Waals surface area contributed by atoms with Crippen LogP contribution in [0.1, 0.15) is 36.0 Å². The molecule has 2 unspecified atom stereocenters. The molecule has 2 bridgehead atoms. The molecule has 1 saturated heterocycles. The Morgan fingerprint density at radius 3 is 2.97 bits per heavy atom. The number of piperidine rings is 1. The molecule has 2 aliphatic rings. The number of fused-ring (bicyclic) bond motifs is 3. The molecule has 3 atom stereocenters. The van der Waals surface area contributed by atoms with E-state index in [0.29, 0.717) is 29.0 Å². The Morgan fingerprint density at radius 1 is 1.26 bits per heavy atom. The number of anilines is 1. The normalized spacial score (nSPS) is 22.6. The largest absolute Gasteiger partial charge is 0.353 e. The molecule has 1 saturated carbocycles. The third-order valence-corrected chi connectivity index (χ3v) is 6.45. The van der Waals surface area contributed by atoms with Gasteiger partial charge in [-0.2, -0.15) is 4.98 Å². The van der Waals surface area contributed by atoms with Gasteiger partial charge in [-0.3, -0.25) is 9.36 Å². The number of pyridine rings is 1. The average Bonchev–Trinajstić information content (AvgIpc) is 3.54. The smallest absolute Gasteiger partial charge is 0.281 e. The van der Waals surface area contributed by atoms with Gasteiger partial charge in [-0.15, -0.1) is 5.10 Å². The number of hydrogen-bond donors (Lipinski definition) is 0. The minimum Gasteiger partial charge on any atom is -0.353 e. The van der Waals surface area contributed by atoms with Crippen LogP contribution in [0.15, 0.2) is 34.0 Å². The van der Waals surface area contributed by atoms with Crippen LogP contribution in [0.2, 0.25) is 0 Å². The van der Waals surface area contributed by atoms with Crippen molar-refractivity contribution in [3.8, 4) is 0 Å². The first-order valence-corrected chi connectivity index (χ1v) is 10.3. The fourth-order valence-electron chi connectivity index (χ4n) is 4.95. The molecule has 0 aromatic carbocycles. The van der Waals surface area contributed by atoms with Gasteiger partial charge in [-0.25, -0.2) is 14.6 Å². The second kappa shape index (κ2) is 6.69. The van der Waals surface area contributed by atoms with E-state index in [2.05, 4.69) is 48.3 Å². The molecule has 4 aromatic rings. The number of rotatable bonds is 4. The highest BCUT2D eigenvalue weighted by Gasteiger charge is 2.47. The van der Waals surface area contributed by atoms with Gasteiger partial charge in [0, 0.05) is 31.7 Å². The highest BCUT2D eigenvalue weighted by molar-refractivity contribution is 5.67. The Hall–Kier alpha value is -3.63. The summed E-state index contributed by atoms with van der Waals surface area (Å²) >= 11 is 0. The van der Waals surface area contributed by atoms with Gasteiger partial charge in [0.25, 0.3) is 5.56 Å². The molecule has 5 heterocycles. The van der Waals surface area contributed by atoms with Crippen LogP contribution >= 0.6 is 0 Å². The fraction of sp³-hybridized carbons (Fsp3) is 0.450. The number of aryl methyl sites for hydroxylation is 2. The number of nitrogens with zero attached hydrogens (tertiary/aromatic N) is 9. The number of aromatic nitrogens is 8. The van der Waals surface area contributed by atoms with Crippen LogP contribution in [0.4, 0.5) is 5.82 Å². The first-order valence-electron chi connectivity index (χ1n) is 10.3. The SMILES string of the molecule is Cc1ccnc(N2CC3CC2C[C@H]3c2noc(Cn3cnc4nnn(C)c4c3=O)n2)c1. The Labute approximate surface area is 176 Å². The average molecular weight is 419 g/mol. The van der Waals surface area contributed by atoms with Crippen LogP contribution in [0.5, 0.6) is 0 Å². The molecule has 0 amide bonds. The Balaban J connectivity index is 1.20. The monoisotopic (exact) mass is 419 g/mol. The van der Waals surface area contributed by atoms with E-state index in [1.165, 1.54) is 21.1 Å². The standard InChI is InChI=1S/C20H21N9O2/c1-11-3-4-21-15(5-11)29-8-12-6-13(29)7-14(12)18-23-16(31-25-18)9-28-10-22-19-17(20(28)30)27(2)26-24-19/h3-5,10,12-14H,6-9H2,1-2H3/t12?,13?,14-/m1/s1. The van der Waals surface area contributed by atoms with Crippen molar-refractivity contribution in [2.75, 3.05) is 11.4 Å². The van der Waals surface area contributed by atoms with E-state index < -0.39 is 0 Å². The predicted molar refractivity (Wildman–Crippen MR) is 110 cm³/mol. The van der Waals surface area contributed by atoms with Gasteiger partial charge in [-0.1, -0.05) is 10.4 Å². The summed E-state index contributed by atoms with van der Waals surface area (Å²) in [5.41, 5.74) is 1.65. The van der Waals surface area contributed by atoms with Crippen molar-refractivity contribution in [1.29, 1.82) is 0 Å². The van der Waals surface area contributed by atoms with E-state index in [1.54, 1.807) is 7.05 Å². The summed E-state index contributed by atoms with van der Waals surface area (Å²) in [5, 5.41) is 12.0. The summed E-state index contributed by atoms with van der Waals surface area (Å²) in [6.45, 7) is 3.20. The van der Waals surface area contributed by atoms with Gasteiger partial charge in [0.05, 0.1) is 0 Å². The maximum Gasteiger partial charge on any atom is 0.281 e. The lowest BCUT2D eigenvalue weighted by Gasteiger charge is -2.31. The molecule has 4 aromatic heterocycles. The summed E-state index contributed by atoms with van der Waals surface area (Å²) in [5.74, 6) is 2.91. The highest BCUT2D eigenvalue weighted by atomic mass is 16.5. The van der Waals surface area contributed by atoms with Gasteiger partial charge in [0.15, 0.2) is 11.3 Å². The molecule has 1 aliphatic carbocycles. The molecule has 0 radical (unpaired) electrons. The van der Waals surface area contributed by atoms with Crippen LogP contribution in [0, 0.1) is 12.8 Å². The Bertz CT molecular complexity index is 1340. The van der Waals surface area contributed by atoms with Gasteiger partial charge < -0.3 is 9.42 Å². The number of hydrogen-bond acceptors (Lipinski definition) is 9. The molecule has 0 N–H and O–H groups in total. The molecule has 11 heteroatoms. The van der Waals surface area contributed by atoms with Crippen molar-refractivity contribution in [3.63, 3.8) is 0 Å². The zero-order chi connectivity index (χ0) is 21.1. The maximum absolute atomic E-state index is 12.7. The van der Waals surface area contributed by atoms with Crippen molar-refractivity contribution in [3.05, 3.63) is 52.3 Å². The van der Waals surface area contributed by atoms with Crippen molar-refractivity contribution < 1.29 is 4.52 Å². The van der Waals surface area contributed by atoms with E-state index in [9.17, 15) is 4.79 Å². The zero-order valence-electron chi connectivity index (χ0n) is 17.2. The van der Waals surface area contributed by atoms with Gasteiger partial charge >= 0.3 is 0 Å². The second-order valence-electron chi connectivity index (χ2n) is 8.44. The van der Waals surface area contributed by atoms with Crippen molar-refractivity contribution in [2.24, 2.45) is 13.0 Å².